The fourth-order valence-corrected chi connectivity index (χ4v) is 3.63. The number of hydrogen-bond acceptors (Lipinski definition) is 3. The first kappa shape index (κ1) is 20.4. The van der Waals surface area contributed by atoms with Gasteiger partial charge in [0.2, 0.25) is 0 Å². The third-order valence-electron chi connectivity index (χ3n) is 5.25. The van der Waals surface area contributed by atoms with Gasteiger partial charge in [0.05, 0.1) is 6.26 Å². The van der Waals surface area contributed by atoms with Crippen molar-refractivity contribution in [2.24, 2.45) is 0 Å². The molecule has 1 N–H and O–H groups in total. The van der Waals surface area contributed by atoms with Crippen LogP contribution < -0.4 is 5.32 Å². The van der Waals surface area contributed by atoms with Gasteiger partial charge in [0, 0.05) is 35.8 Å². The average Bonchev–Trinajstić information content (AvgIpc) is 3.13. The summed E-state index contributed by atoms with van der Waals surface area (Å²) in [4.78, 5) is 4.17. The molecule has 0 bridgehead atoms. The highest BCUT2D eigenvalue weighted by molar-refractivity contribution is 5.85. The van der Waals surface area contributed by atoms with Crippen LogP contribution in [0.1, 0.15) is 37.3 Å². The molecule has 0 saturated heterocycles. The van der Waals surface area contributed by atoms with Gasteiger partial charge in [-0.05, 0) is 60.9 Å². The van der Waals surface area contributed by atoms with Crippen LogP contribution in [-0.2, 0) is 13.0 Å². The number of halogens is 1. The molecule has 2 aromatic heterocycles. The molecule has 4 aromatic rings. The van der Waals surface area contributed by atoms with Gasteiger partial charge in [0.25, 0.3) is 0 Å². The molecule has 0 aliphatic heterocycles. The summed E-state index contributed by atoms with van der Waals surface area (Å²) in [6, 6.07) is 17.5. The van der Waals surface area contributed by atoms with Gasteiger partial charge in [-0.2, -0.15) is 0 Å². The molecule has 146 valence electrons. The summed E-state index contributed by atoms with van der Waals surface area (Å²) in [5, 5.41) is 7.36. The summed E-state index contributed by atoms with van der Waals surface area (Å²) >= 11 is 0. The molecule has 4 heteroatoms. The number of fused-ring (bicyclic) bond motifs is 2. The average molecular weight is 395 g/mol. The van der Waals surface area contributed by atoms with Gasteiger partial charge in [0.15, 0.2) is 0 Å². The second kappa shape index (κ2) is 9.72. The Morgan fingerprint density at radius 3 is 2.86 bits per heavy atom. The predicted molar refractivity (Wildman–Crippen MR) is 119 cm³/mol. The van der Waals surface area contributed by atoms with E-state index in [2.05, 4.69) is 53.6 Å². The van der Waals surface area contributed by atoms with E-state index in [0.717, 1.165) is 18.5 Å². The fourth-order valence-electron chi connectivity index (χ4n) is 3.63. The first-order valence-corrected chi connectivity index (χ1v) is 9.81. The predicted octanol–water partition coefficient (Wildman–Crippen LogP) is 6.29. The number of unbranched alkanes of at least 4 members (excludes halogenated alkanes) is 1. The lowest BCUT2D eigenvalue weighted by Crippen LogP contribution is -2.25. The van der Waals surface area contributed by atoms with Crippen LogP contribution in [-0.4, -0.2) is 11.0 Å². The van der Waals surface area contributed by atoms with E-state index in [1.807, 2.05) is 30.8 Å². The lowest BCUT2D eigenvalue weighted by atomic mass is 10.0. The first-order valence-electron chi connectivity index (χ1n) is 9.81. The Bertz CT molecular complexity index is 1030. The van der Waals surface area contributed by atoms with Gasteiger partial charge in [-0.3, -0.25) is 4.98 Å². The molecule has 2 aromatic carbocycles. The molecule has 0 aliphatic carbocycles. The van der Waals surface area contributed by atoms with Crippen molar-refractivity contribution in [2.75, 3.05) is 0 Å². The first-order chi connectivity index (χ1) is 13.3. The third kappa shape index (κ3) is 4.92. The number of pyridine rings is 1. The number of hydrogen-bond donors (Lipinski definition) is 1. The van der Waals surface area contributed by atoms with Crippen LogP contribution in [0.15, 0.2) is 71.6 Å². The van der Waals surface area contributed by atoms with Crippen molar-refractivity contribution in [1.29, 1.82) is 0 Å². The largest absolute Gasteiger partial charge is 0.464 e. The molecule has 0 saturated carbocycles. The number of rotatable bonds is 8. The van der Waals surface area contributed by atoms with Crippen molar-refractivity contribution in [3.8, 4) is 0 Å². The van der Waals surface area contributed by atoms with Crippen LogP contribution in [0.4, 0.5) is 0 Å². The van der Waals surface area contributed by atoms with Crippen molar-refractivity contribution in [3.63, 3.8) is 0 Å². The third-order valence-corrected chi connectivity index (χ3v) is 5.25. The van der Waals surface area contributed by atoms with Crippen molar-refractivity contribution < 1.29 is 4.42 Å². The molecule has 0 spiro atoms. The molecular formula is C24H27ClN2O. The minimum Gasteiger partial charge on any atom is -0.464 e. The van der Waals surface area contributed by atoms with Crippen LogP contribution >= 0.6 is 12.4 Å². The van der Waals surface area contributed by atoms with E-state index < -0.39 is 0 Å². The molecule has 28 heavy (non-hydrogen) atoms. The Morgan fingerprint density at radius 2 is 1.93 bits per heavy atom. The molecule has 1 atom stereocenters. The number of nitrogens with zero attached hydrogens (tertiary/aromatic N) is 1. The van der Waals surface area contributed by atoms with E-state index in [0.29, 0.717) is 6.04 Å². The van der Waals surface area contributed by atoms with Crippen molar-refractivity contribution >= 4 is 34.1 Å². The Kier molecular flexibility index (Phi) is 7.07. The molecule has 0 fully saturated rings. The van der Waals surface area contributed by atoms with Crippen molar-refractivity contribution in [1.82, 2.24) is 10.3 Å². The topological polar surface area (TPSA) is 38.1 Å². The molecule has 0 radical (unpaired) electrons. The van der Waals surface area contributed by atoms with Gasteiger partial charge in [0.1, 0.15) is 5.58 Å². The Balaban J connectivity index is 0.00000225. The standard InChI is InChI=1S/C24H26N2O.ClH/c1-18(26-15-19-10-11-21-16-25-13-12-20(21)14-19)6-2-3-7-22-17-27-24-9-5-4-8-23(22)24;/h4-5,8-14,16-18,26H,2-3,6-7,15H2,1H3;1H/t18-;/m1./s1. The summed E-state index contributed by atoms with van der Waals surface area (Å²) in [7, 11) is 0. The minimum absolute atomic E-state index is 0. The summed E-state index contributed by atoms with van der Waals surface area (Å²) in [6.45, 7) is 3.18. The van der Waals surface area contributed by atoms with Crippen molar-refractivity contribution in [3.05, 3.63) is 78.3 Å². The van der Waals surface area contributed by atoms with Crippen LogP contribution in [0.5, 0.6) is 0 Å². The SMILES string of the molecule is C[C@H](CCCCc1coc2ccccc12)NCc1ccc2cnccc2c1.Cl. The van der Waals surface area contributed by atoms with Gasteiger partial charge in [-0.25, -0.2) is 0 Å². The smallest absolute Gasteiger partial charge is 0.134 e. The molecule has 0 amide bonds. The quantitative estimate of drug-likeness (QED) is 0.356. The van der Waals surface area contributed by atoms with E-state index in [-0.39, 0.29) is 12.4 Å². The Morgan fingerprint density at radius 1 is 1.04 bits per heavy atom. The number of aromatic nitrogens is 1. The number of nitrogens with one attached hydrogen (secondary N) is 1. The Labute approximate surface area is 172 Å². The minimum atomic E-state index is 0. The number of aryl methyl sites for hydroxylation is 1. The maximum absolute atomic E-state index is 5.63. The van der Waals surface area contributed by atoms with Crippen LogP contribution in [0.25, 0.3) is 21.7 Å². The summed E-state index contributed by atoms with van der Waals surface area (Å²) in [5.74, 6) is 0. The number of benzene rings is 2. The summed E-state index contributed by atoms with van der Waals surface area (Å²) < 4.78 is 5.63. The maximum atomic E-state index is 5.63. The van der Waals surface area contributed by atoms with Gasteiger partial charge < -0.3 is 9.73 Å². The highest BCUT2D eigenvalue weighted by atomic mass is 35.5. The van der Waals surface area contributed by atoms with E-state index >= 15 is 0 Å². The number of furan rings is 1. The zero-order valence-electron chi connectivity index (χ0n) is 16.2. The fraction of sp³-hybridized carbons (Fsp3) is 0.292. The molecule has 0 aliphatic rings. The molecule has 3 nitrogen and oxygen atoms in total. The zero-order valence-corrected chi connectivity index (χ0v) is 17.0. The molecular weight excluding hydrogens is 368 g/mol. The van der Waals surface area contributed by atoms with Crippen LogP contribution in [0.2, 0.25) is 0 Å². The highest BCUT2D eigenvalue weighted by Gasteiger charge is 2.06. The van der Waals surface area contributed by atoms with Gasteiger partial charge in [-0.15, -0.1) is 12.4 Å². The van der Waals surface area contributed by atoms with Crippen LogP contribution in [0.3, 0.4) is 0 Å². The second-order valence-corrected chi connectivity index (χ2v) is 7.34. The maximum Gasteiger partial charge on any atom is 0.134 e. The molecule has 2 heterocycles. The zero-order chi connectivity index (χ0) is 18.5. The normalized spacial score (nSPS) is 12.2. The van der Waals surface area contributed by atoms with Crippen LogP contribution in [0, 0.1) is 0 Å². The summed E-state index contributed by atoms with van der Waals surface area (Å²) in [6.07, 6.45) is 10.4. The van der Waals surface area contributed by atoms with Gasteiger partial charge in [-0.1, -0.05) is 36.8 Å². The van der Waals surface area contributed by atoms with E-state index in [4.69, 9.17) is 4.42 Å². The van der Waals surface area contributed by atoms with E-state index in [1.165, 1.54) is 46.5 Å². The van der Waals surface area contributed by atoms with E-state index in [9.17, 15) is 0 Å². The lowest BCUT2D eigenvalue weighted by Gasteiger charge is -2.14. The monoisotopic (exact) mass is 394 g/mol. The summed E-state index contributed by atoms with van der Waals surface area (Å²) in [5.41, 5.74) is 3.65. The highest BCUT2D eigenvalue weighted by Crippen LogP contribution is 2.22. The van der Waals surface area contributed by atoms with Crippen molar-refractivity contribution in [2.45, 2.75) is 45.2 Å². The lowest BCUT2D eigenvalue weighted by molar-refractivity contribution is 0.489. The number of para-hydroxylation sites is 1. The van der Waals surface area contributed by atoms with Gasteiger partial charge >= 0.3 is 0 Å². The Hall–Kier alpha value is -2.36. The molecule has 0 unspecified atom stereocenters. The van der Waals surface area contributed by atoms with E-state index in [1.54, 1.807) is 0 Å². The molecule has 4 rings (SSSR count). The second-order valence-electron chi connectivity index (χ2n) is 7.34.